The highest BCUT2D eigenvalue weighted by Crippen LogP contribution is 2.27. The van der Waals surface area contributed by atoms with Gasteiger partial charge in [0.1, 0.15) is 0 Å². The van der Waals surface area contributed by atoms with Crippen LogP contribution in [0.4, 0.5) is 5.69 Å². The van der Waals surface area contributed by atoms with E-state index in [0.717, 1.165) is 3.57 Å². The number of halogens is 3. The predicted octanol–water partition coefficient (Wildman–Crippen LogP) is 3.89. The van der Waals surface area contributed by atoms with Gasteiger partial charge in [-0.25, -0.2) is 8.42 Å². The van der Waals surface area contributed by atoms with Crippen molar-refractivity contribution in [1.82, 2.24) is 0 Å². The van der Waals surface area contributed by atoms with E-state index in [9.17, 15) is 8.42 Å². The fourth-order valence-electron chi connectivity index (χ4n) is 1.62. The Balaban J connectivity index is 2.38. The molecule has 4 nitrogen and oxygen atoms in total. The molecule has 2 aromatic carbocycles. The summed E-state index contributed by atoms with van der Waals surface area (Å²) < 4.78 is 28.0. The zero-order valence-electron chi connectivity index (χ0n) is 10.5. The summed E-state index contributed by atoms with van der Waals surface area (Å²) in [5.74, 6) is 0. The average molecular weight is 458 g/mol. The van der Waals surface area contributed by atoms with Gasteiger partial charge >= 0.3 is 0 Å². The zero-order valence-corrected chi connectivity index (χ0v) is 15.0. The Hall–Kier alpha value is -0.540. The lowest BCUT2D eigenvalue weighted by Crippen LogP contribution is -2.13. The van der Waals surface area contributed by atoms with E-state index >= 15 is 0 Å². The van der Waals surface area contributed by atoms with E-state index in [4.69, 9.17) is 28.3 Å². The molecule has 0 aliphatic rings. The average Bonchev–Trinajstić information content (AvgIpc) is 2.42. The lowest BCUT2D eigenvalue weighted by molar-refractivity contribution is 0.281. The van der Waals surface area contributed by atoms with Crippen LogP contribution in [0.25, 0.3) is 0 Å². The van der Waals surface area contributed by atoms with E-state index in [2.05, 4.69) is 27.3 Å². The Labute approximate surface area is 146 Å². The van der Waals surface area contributed by atoms with Gasteiger partial charge in [-0.1, -0.05) is 23.2 Å². The molecule has 2 rings (SSSR count). The van der Waals surface area contributed by atoms with E-state index < -0.39 is 10.0 Å². The molecule has 0 unspecified atom stereocenters. The van der Waals surface area contributed by atoms with Gasteiger partial charge in [-0.15, -0.1) is 0 Å². The Morgan fingerprint density at radius 3 is 2.43 bits per heavy atom. The van der Waals surface area contributed by atoms with Crippen LogP contribution in [0.1, 0.15) is 5.56 Å². The van der Waals surface area contributed by atoms with Crippen LogP contribution in [0.3, 0.4) is 0 Å². The first-order valence-electron chi connectivity index (χ1n) is 5.70. The molecule has 0 saturated heterocycles. The minimum absolute atomic E-state index is 0.00515. The monoisotopic (exact) mass is 457 g/mol. The first kappa shape index (κ1) is 16.8. The van der Waals surface area contributed by atoms with Gasteiger partial charge in [0, 0.05) is 8.59 Å². The van der Waals surface area contributed by atoms with Crippen molar-refractivity contribution < 1.29 is 13.5 Å². The molecule has 21 heavy (non-hydrogen) atoms. The van der Waals surface area contributed by atoms with Crippen molar-refractivity contribution in [3.63, 3.8) is 0 Å². The smallest absolute Gasteiger partial charge is 0.261 e. The minimum Gasteiger partial charge on any atom is -0.392 e. The molecule has 0 aliphatic heterocycles. The molecule has 0 saturated carbocycles. The number of anilines is 1. The molecular weight excluding hydrogens is 448 g/mol. The van der Waals surface area contributed by atoms with Crippen LogP contribution >= 0.6 is 45.8 Å². The maximum atomic E-state index is 12.3. The lowest BCUT2D eigenvalue weighted by atomic mass is 10.2. The molecule has 0 amide bonds. The molecule has 2 aromatic rings. The second-order valence-corrected chi connectivity index (χ2v) is 7.88. The SMILES string of the molecule is O=S(=O)(Nc1ccc(I)cc1Cl)c1ccc(Cl)c(CO)c1. The molecule has 0 bridgehead atoms. The Bertz CT molecular complexity index is 781. The largest absolute Gasteiger partial charge is 0.392 e. The standard InChI is InChI=1S/C13H10Cl2INO3S/c14-11-3-2-10(5-8(11)7-18)21(19,20)17-13-4-1-9(16)6-12(13)15/h1-6,17-18H,7H2. The van der Waals surface area contributed by atoms with Crippen molar-refractivity contribution in [2.24, 2.45) is 0 Å². The van der Waals surface area contributed by atoms with Gasteiger partial charge in [0.25, 0.3) is 10.0 Å². The van der Waals surface area contributed by atoms with Crippen LogP contribution in [0.15, 0.2) is 41.3 Å². The molecule has 0 spiro atoms. The number of benzene rings is 2. The molecule has 0 aliphatic carbocycles. The molecule has 0 radical (unpaired) electrons. The first-order chi connectivity index (χ1) is 9.83. The third kappa shape index (κ3) is 4.01. The summed E-state index contributed by atoms with van der Waals surface area (Å²) in [4.78, 5) is 0.00515. The van der Waals surface area contributed by atoms with E-state index in [1.165, 1.54) is 18.2 Å². The van der Waals surface area contributed by atoms with Gasteiger partial charge in [0.2, 0.25) is 0 Å². The van der Waals surface area contributed by atoms with Gasteiger partial charge < -0.3 is 5.11 Å². The summed E-state index contributed by atoms with van der Waals surface area (Å²) in [5.41, 5.74) is 0.630. The third-order valence-electron chi connectivity index (χ3n) is 2.67. The van der Waals surface area contributed by atoms with E-state index in [1.807, 2.05) is 0 Å². The highest BCUT2D eigenvalue weighted by atomic mass is 127. The maximum Gasteiger partial charge on any atom is 0.261 e. The van der Waals surface area contributed by atoms with Crippen LogP contribution in [-0.2, 0) is 16.6 Å². The number of sulfonamides is 1. The first-order valence-corrected chi connectivity index (χ1v) is 9.02. The highest BCUT2D eigenvalue weighted by Gasteiger charge is 2.17. The number of nitrogens with one attached hydrogen (secondary N) is 1. The van der Waals surface area contributed by atoms with Crippen molar-refractivity contribution in [3.05, 3.63) is 55.6 Å². The van der Waals surface area contributed by atoms with Gasteiger partial charge in [0.15, 0.2) is 0 Å². The Morgan fingerprint density at radius 2 is 1.81 bits per heavy atom. The summed E-state index contributed by atoms with van der Waals surface area (Å²) >= 11 is 13.9. The van der Waals surface area contributed by atoms with Crippen molar-refractivity contribution >= 4 is 61.5 Å². The molecule has 8 heteroatoms. The zero-order chi connectivity index (χ0) is 15.6. The minimum atomic E-state index is -3.80. The Morgan fingerprint density at radius 1 is 1.10 bits per heavy atom. The fraction of sp³-hybridized carbons (Fsp3) is 0.0769. The molecule has 2 N–H and O–H groups in total. The number of hydrogen-bond donors (Lipinski definition) is 2. The molecule has 112 valence electrons. The number of rotatable bonds is 4. The van der Waals surface area contributed by atoms with Gasteiger partial charge in [0.05, 0.1) is 22.2 Å². The molecule has 0 aromatic heterocycles. The summed E-state index contributed by atoms with van der Waals surface area (Å²) in [7, 11) is -3.80. The van der Waals surface area contributed by atoms with Crippen molar-refractivity contribution in [2.75, 3.05) is 4.72 Å². The van der Waals surface area contributed by atoms with Gasteiger partial charge in [-0.3, -0.25) is 4.72 Å². The van der Waals surface area contributed by atoms with Crippen LogP contribution in [-0.4, -0.2) is 13.5 Å². The van der Waals surface area contributed by atoms with E-state index in [-0.39, 0.29) is 17.2 Å². The summed E-state index contributed by atoms with van der Waals surface area (Å²) in [6.07, 6.45) is 0. The fourth-order valence-corrected chi connectivity index (χ4v) is 3.88. The van der Waals surface area contributed by atoms with Crippen LogP contribution in [0, 0.1) is 3.57 Å². The molecule has 0 fully saturated rings. The van der Waals surface area contributed by atoms with Gasteiger partial charge in [-0.2, -0.15) is 0 Å². The lowest BCUT2D eigenvalue weighted by Gasteiger charge is -2.11. The number of hydrogen-bond acceptors (Lipinski definition) is 3. The van der Waals surface area contributed by atoms with Crippen molar-refractivity contribution in [3.8, 4) is 0 Å². The second-order valence-electron chi connectivity index (χ2n) is 4.14. The van der Waals surface area contributed by atoms with Crippen LogP contribution in [0.5, 0.6) is 0 Å². The maximum absolute atomic E-state index is 12.3. The molecule has 0 atom stereocenters. The summed E-state index contributed by atoms with van der Waals surface area (Å²) in [5, 5.41) is 9.77. The third-order valence-corrected chi connectivity index (χ3v) is 5.39. The second kappa shape index (κ2) is 6.70. The summed E-state index contributed by atoms with van der Waals surface area (Å²) in [6.45, 7) is -0.341. The van der Waals surface area contributed by atoms with Crippen molar-refractivity contribution in [1.29, 1.82) is 0 Å². The van der Waals surface area contributed by atoms with Crippen LogP contribution in [0.2, 0.25) is 10.0 Å². The normalized spacial score (nSPS) is 11.4. The van der Waals surface area contributed by atoms with E-state index in [1.54, 1.807) is 18.2 Å². The van der Waals surface area contributed by atoms with Crippen LogP contribution < -0.4 is 4.72 Å². The predicted molar refractivity (Wildman–Crippen MR) is 92.4 cm³/mol. The number of aliphatic hydroxyl groups is 1. The topological polar surface area (TPSA) is 66.4 Å². The molecule has 0 heterocycles. The molecular formula is C13H10Cl2INO3S. The Kier molecular flexibility index (Phi) is 5.37. The number of aliphatic hydroxyl groups excluding tert-OH is 1. The van der Waals surface area contributed by atoms with E-state index in [0.29, 0.717) is 15.6 Å². The highest BCUT2D eigenvalue weighted by molar-refractivity contribution is 14.1. The quantitative estimate of drug-likeness (QED) is 0.684. The van der Waals surface area contributed by atoms with Gasteiger partial charge in [-0.05, 0) is 64.6 Å². The summed E-state index contributed by atoms with van der Waals surface area (Å²) in [6, 6.07) is 9.10. The van der Waals surface area contributed by atoms with Crippen molar-refractivity contribution in [2.45, 2.75) is 11.5 Å².